The van der Waals surface area contributed by atoms with Crippen molar-refractivity contribution in [1.29, 1.82) is 0 Å². The molecular formula is C18H21N5OS. The number of hydrogen-bond donors (Lipinski definition) is 1. The van der Waals surface area contributed by atoms with E-state index in [1.165, 1.54) is 5.69 Å². The highest BCUT2D eigenvalue weighted by molar-refractivity contribution is 7.80. The van der Waals surface area contributed by atoms with Crippen LogP contribution in [0.2, 0.25) is 0 Å². The van der Waals surface area contributed by atoms with Gasteiger partial charge in [0, 0.05) is 38.1 Å². The number of hydroxylamine groups is 2. The molecule has 0 atom stereocenters. The molecule has 25 heavy (non-hydrogen) atoms. The van der Waals surface area contributed by atoms with Crippen molar-refractivity contribution in [3.8, 4) is 0 Å². The molecule has 1 fully saturated rings. The van der Waals surface area contributed by atoms with E-state index in [9.17, 15) is 5.21 Å². The number of benzene rings is 1. The summed E-state index contributed by atoms with van der Waals surface area (Å²) < 4.78 is 0. The maximum absolute atomic E-state index is 9.78. The molecule has 0 spiro atoms. The normalized spacial score (nSPS) is 19.7. The number of allylic oxidation sites excluding steroid dienone is 4. The fraction of sp³-hybridized carbons (Fsp3) is 0.278. The van der Waals surface area contributed by atoms with Gasteiger partial charge in [0.25, 0.3) is 0 Å². The number of rotatable bonds is 2. The minimum absolute atomic E-state index is 0.479. The fourth-order valence-corrected chi connectivity index (χ4v) is 2.97. The molecule has 1 saturated heterocycles. The maximum Gasteiger partial charge on any atom is 0.216 e. The molecule has 2 heterocycles. The highest BCUT2D eigenvalue weighted by atomic mass is 32.1. The Bertz CT molecular complexity index is 733. The summed E-state index contributed by atoms with van der Waals surface area (Å²) in [5.74, 6) is 0. The van der Waals surface area contributed by atoms with E-state index in [2.05, 4.69) is 44.3 Å². The summed E-state index contributed by atoms with van der Waals surface area (Å²) in [7, 11) is 0. The van der Waals surface area contributed by atoms with Gasteiger partial charge >= 0.3 is 0 Å². The molecule has 0 aliphatic carbocycles. The van der Waals surface area contributed by atoms with Crippen molar-refractivity contribution in [3.63, 3.8) is 0 Å². The van der Waals surface area contributed by atoms with Gasteiger partial charge in [-0.3, -0.25) is 5.21 Å². The van der Waals surface area contributed by atoms with Crippen molar-refractivity contribution >= 4 is 23.0 Å². The minimum Gasteiger partial charge on any atom is -0.368 e. The van der Waals surface area contributed by atoms with Crippen LogP contribution in [0.5, 0.6) is 0 Å². The predicted octanol–water partition coefficient (Wildman–Crippen LogP) is 3.55. The second kappa shape index (κ2) is 8.04. The lowest BCUT2D eigenvalue weighted by molar-refractivity contribution is -0.00149. The van der Waals surface area contributed by atoms with E-state index in [1.807, 2.05) is 12.1 Å². The van der Waals surface area contributed by atoms with E-state index >= 15 is 0 Å². The molecule has 1 aromatic rings. The molecular weight excluding hydrogens is 334 g/mol. The maximum atomic E-state index is 9.78. The Kier molecular flexibility index (Phi) is 5.57. The zero-order chi connectivity index (χ0) is 17.6. The predicted molar refractivity (Wildman–Crippen MR) is 102 cm³/mol. The zero-order valence-corrected chi connectivity index (χ0v) is 14.9. The lowest BCUT2D eigenvalue weighted by atomic mass is 10.2. The first-order valence-corrected chi connectivity index (χ1v) is 8.60. The lowest BCUT2D eigenvalue weighted by Crippen LogP contribution is -2.47. The number of para-hydroxylation sites is 1. The van der Waals surface area contributed by atoms with E-state index in [4.69, 9.17) is 12.2 Å². The molecule has 2 aliphatic heterocycles. The van der Waals surface area contributed by atoms with E-state index in [0.717, 1.165) is 31.2 Å². The molecule has 130 valence electrons. The van der Waals surface area contributed by atoms with Crippen LogP contribution in [0.3, 0.4) is 0 Å². The summed E-state index contributed by atoms with van der Waals surface area (Å²) in [5.41, 5.74) is 2.42. The molecule has 7 heteroatoms. The Morgan fingerprint density at radius 3 is 2.44 bits per heavy atom. The Hall–Kier alpha value is -2.51. The van der Waals surface area contributed by atoms with Gasteiger partial charge in [-0.25, -0.2) is 5.06 Å². The summed E-state index contributed by atoms with van der Waals surface area (Å²) in [6.07, 6.45) is 6.90. The minimum atomic E-state index is 0.479. The molecule has 0 aromatic heterocycles. The van der Waals surface area contributed by atoms with Gasteiger partial charge in [-0.2, -0.15) is 5.11 Å². The monoisotopic (exact) mass is 355 g/mol. The van der Waals surface area contributed by atoms with E-state index in [0.29, 0.717) is 16.5 Å². The number of anilines is 1. The van der Waals surface area contributed by atoms with Crippen LogP contribution in [-0.4, -0.2) is 46.5 Å². The Morgan fingerprint density at radius 1 is 1.04 bits per heavy atom. The highest BCUT2D eigenvalue weighted by Crippen LogP contribution is 2.18. The number of hydrogen-bond acceptors (Lipinski definition) is 5. The van der Waals surface area contributed by atoms with Gasteiger partial charge in [-0.05, 0) is 43.4 Å². The van der Waals surface area contributed by atoms with Crippen molar-refractivity contribution in [2.75, 3.05) is 31.1 Å². The summed E-state index contributed by atoms with van der Waals surface area (Å²) in [6, 6.07) is 10.4. The van der Waals surface area contributed by atoms with Crippen LogP contribution in [-0.2, 0) is 0 Å². The van der Waals surface area contributed by atoms with Gasteiger partial charge in [-0.15, -0.1) is 5.11 Å². The second-order valence-corrected chi connectivity index (χ2v) is 6.17. The lowest BCUT2D eigenvalue weighted by Gasteiger charge is -2.36. The van der Waals surface area contributed by atoms with Crippen LogP contribution in [0.15, 0.2) is 76.4 Å². The van der Waals surface area contributed by atoms with E-state index in [1.54, 1.807) is 25.3 Å². The molecule has 1 N–H and O–H groups in total. The number of nitrogens with zero attached hydrogens (tertiary/aromatic N) is 5. The molecule has 0 unspecified atom stereocenters. The molecule has 0 radical (unpaired) electrons. The summed E-state index contributed by atoms with van der Waals surface area (Å²) in [4.78, 5) is 4.40. The van der Waals surface area contributed by atoms with Crippen LogP contribution in [0.25, 0.3) is 0 Å². The van der Waals surface area contributed by atoms with E-state index < -0.39 is 0 Å². The average Bonchev–Trinajstić information content (AvgIpc) is 2.67. The van der Waals surface area contributed by atoms with Crippen molar-refractivity contribution in [2.24, 2.45) is 10.2 Å². The van der Waals surface area contributed by atoms with Gasteiger partial charge in [0.15, 0.2) is 0 Å². The van der Waals surface area contributed by atoms with Gasteiger partial charge in [-0.1, -0.05) is 24.3 Å². The Labute approximate surface area is 153 Å². The Balaban J connectivity index is 1.57. The zero-order valence-electron chi connectivity index (χ0n) is 14.1. The van der Waals surface area contributed by atoms with E-state index in [-0.39, 0.29) is 0 Å². The topological polar surface area (TPSA) is 54.7 Å². The molecule has 6 nitrogen and oxygen atoms in total. The van der Waals surface area contributed by atoms with Crippen LogP contribution in [0.4, 0.5) is 5.69 Å². The first-order chi connectivity index (χ1) is 12.1. The largest absolute Gasteiger partial charge is 0.368 e. The van der Waals surface area contributed by atoms with Gasteiger partial charge in [0.05, 0.1) is 11.4 Å². The quantitative estimate of drug-likeness (QED) is 0.649. The molecule has 1 aromatic carbocycles. The standard InChI is InChI=1S/C18H21N5OS/c1-15(17-9-5-6-10-23(17)24)19-20-18(25)22-13-11-21(12-14-22)16-7-3-2-4-8-16/h2-10,24H,11-14H2,1H3/b17-15-,20-19?. The molecule has 3 rings (SSSR count). The molecule has 0 bridgehead atoms. The SMILES string of the molecule is C/C(N=NC(=S)N1CCN(c2ccccc2)CC1)=C1\C=CC=CN1O. The molecule has 0 amide bonds. The van der Waals surface area contributed by atoms with Crippen LogP contribution >= 0.6 is 12.2 Å². The van der Waals surface area contributed by atoms with Gasteiger partial charge in [0.2, 0.25) is 5.11 Å². The summed E-state index contributed by atoms with van der Waals surface area (Å²) in [6.45, 7) is 5.23. The smallest absolute Gasteiger partial charge is 0.216 e. The third-order valence-electron chi connectivity index (χ3n) is 4.17. The number of piperazine rings is 1. The first-order valence-electron chi connectivity index (χ1n) is 8.19. The third-order valence-corrected chi connectivity index (χ3v) is 4.51. The van der Waals surface area contributed by atoms with Crippen molar-refractivity contribution in [3.05, 3.63) is 66.2 Å². The number of thiocarbonyl (C=S) groups is 1. The Morgan fingerprint density at radius 2 is 1.76 bits per heavy atom. The third kappa shape index (κ3) is 4.32. The van der Waals surface area contributed by atoms with Crippen molar-refractivity contribution in [1.82, 2.24) is 9.96 Å². The first kappa shape index (κ1) is 17.3. The van der Waals surface area contributed by atoms with Crippen LogP contribution in [0.1, 0.15) is 6.92 Å². The van der Waals surface area contributed by atoms with Crippen molar-refractivity contribution in [2.45, 2.75) is 6.92 Å². The summed E-state index contributed by atoms with van der Waals surface area (Å²) in [5, 5.41) is 19.6. The van der Waals surface area contributed by atoms with Gasteiger partial charge < -0.3 is 9.80 Å². The fourth-order valence-electron chi connectivity index (χ4n) is 2.75. The number of azo groups is 1. The second-order valence-electron chi connectivity index (χ2n) is 5.81. The van der Waals surface area contributed by atoms with Crippen LogP contribution in [0, 0.1) is 0 Å². The molecule has 0 saturated carbocycles. The molecule has 2 aliphatic rings. The highest BCUT2D eigenvalue weighted by Gasteiger charge is 2.19. The van der Waals surface area contributed by atoms with Crippen LogP contribution < -0.4 is 4.90 Å². The van der Waals surface area contributed by atoms with Crippen molar-refractivity contribution < 1.29 is 5.21 Å². The van der Waals surface area contributed by atoms with Gasteiger partial charge in [0.1, 0.15) is 0 Å². The summed E-state index contributed by atoms with van der Waals surface area (Å²) >= 11 is 5.39. The average molecular weight is 355 g/mol.